The lowest BCUT2D eigenvalue weighted by Crippen LogP contribution is -2.38. The van der Waals surface area contributed by atoms with E-state index in [9.17, 15) is 0 Å². The number of rotatable bonds is 5. The zero-order valence-corrected chi connectivity index (χ0v) is 15.4. The van der Waals surface area contributed by atoms with E-state index in [4.69, 9.17) is 0 Å². The molecule has 0 aliphatic heterocycles. The third-order valence-corrected chi connectivity index (χ3v) is 4.46. The molecule has 0 fully saturated rings. The topological polar surface area (TPSA) is 71.2 Å². The van der Waals surface area contributed by atoms with Crippen LogP contribution in [0.15, 0.2) is 47.2 Å². The molecule has 8 heteroatoms. The van der Waals surface area contributed by atoms with Crippen molar-refractivity contribution in [3.63, 3.8) is 0 Å². The minimum Gasteiger partial charge on any atom is -0.352 e. The number of guanidine groups is 1. The maximum absolute atomic E-state index is 4.50. The lowest BCUT2D eigenvalue weighted by Gasteiger charge is -2.21. The van der Waals surface area contributed by atoms with Crippen LogP contribution >= 0.6 is 11.3 Å². The molecule has 0 spiro atoms. The van der Waals surface area contributed by atoms with Crippen LogP contribution in [0.4, 0.5) is 0 Å². The highest BCUT2D eigenvalue weighted by Gasteiger charge is 2.09. The molecule has 0 aliphatic carbocycles. The Hall–Kier alpha value is -2.74. The number of aliphatic imine (C=N–C) groups is 1. The van der Waals surface area contributed by atoms with Crippen molar-refractivity contribution >= 4 is 17.3 Å². The van der Waals surface area contributed by atoms with E-state index in [1.165, 1.54) is 0 Å². The van der Waals surface area contributed by atoms with E-state index in [0.29, 0.717) is 6.54 Å². The van der Waals surface area contributed by atoms with E-state index in [1.807, 2.05) is 38.4 Å². The van der Waals surface area contributed by atoms with Gasteiger partial charge in [-0.15, -0.1) is 11.3 Å². The summed E-state index contributed by atoms with van der Waals surface area (Å²) in [5.41, 5.74) is 2.16. The summed E-state index contributed by atoms with van der Waals surface area (Å²) in [6.07, 6.45) is 5.41. The minimum absolute atomic E-state index is 0.657. The number of nitrogens with one attached hydrogen (secondary N) is 1. The third-order valence-electron chi connectivity index (χ3n) is 3.64. The van der Waals surface area contributed by atoms with Crippen LogP contribution in [0.1, 0.15) is 16.3 Å². The van der Waals surface area contributed by atoms with Crippen LogP contribution in [-0.2, 0) is 13.1 Å². The first-order valence-corrected chi connectivity index (χ1v) is 8.81. The molecule has 3 aromatic rings. The standard InChI is InChI=1S/C17H21N7S/c1-13-22-15(12-25-13)11-23(3)17(18-2)20-10-14-5-7-19-16(9-14)24-8-4-6-21-24/h4-9,12H,10-11H2,1-3H3,(H,18,20). The van der Waals surface area contributed by atoms with Crippen molar-refractivity contribution < 1.29 is 0 Å². The first-order valence-electron chi connectivity index (χ1n) is 7.93. The van der Waals surface area contributed by atoms with E-state index >= 15 is 0 Å². The SMILES string of the molecule is CN=C(NCc1ccnc(-n2cccn2)c1)N(C)Cc1csc(C)n1. The van der Waals surface area contributed by atoms with Gasteiger partial charge in [-0.25, -0.2) is 14.6 Å². The molecule has 0 saturated heterocycles. The summed E-state index contributed by atoms with van der Waals surface area (Å²) >= 11 is 1.66. The van der Waals surface area contributed by atoms with Gasteiger partial charge in [0.1, 0.15) is 0 Å². The Labute approximate surface area is 151 Å². The van der Waals surface area contributed by atoms with Crippen LogP contribution in [0, 0.1) is 6.92 Å². The highest BCUT2D eigenvalue weighted by molar-refractivity contribution is 7.09. The van der Waals surface area contributed by atoms with Crippen LogP contribution in [0.25, 0.3) is 5.82 Å². The van der Waals surface area contributed by atoms with Gasteiger partial charge in [0, 0.05) is 44.6 Å². The molecule has 0 unspecified atom stereocenters. The molecule has 0 aromatic carbocycles. The van der Waals surface area contributed by atoms with Crippen molar-refractivity contribution in [1.29, 1.82) is 0 Å². The van der Waals surface area contributed by atoms with Crippen LogP contribution in [0.2, 0.25) is 0 Å². The largest absolute Gasteiger partial charge is 0.352 e. The zero-order valence-electron chi connectivity index (χ0n) is 14.5. The molecular formula is C17H21N7S. The molecule has 25 heavy (non-hydrogen) atoms. The lowest BCUT2D eigenvalue weighted by molar-refractivity contribution is 0.470. The number of hydrogen-bond donors (Lipinski definition) is 1. The minimum atomic E-state index is 0.657. The second-order valence-electron chi connectivity index (χ2n) is 5.59. The molecule has 3 rings (SSSR count). The molecule has 3 heterocycles. The van der Waals surface area contributed by atoms with Gasteiger partial charge in [-0.1, -0.05) is 0 Å². The van der Waals surface area contributed by atoms with Crippen LogP contribution in [0.5, 0.6) is 0 Å². The van der Waals surface area contributed by atoms with Crippen molar-refractivity contribution in [2.45, 2.75) is 20.0 Å². The Balaban J connectivity index is 1.62. The summed E-state index contributed by atoms with van der Waals surface area (Å²) in [6, 6.07) is 5.87. The Morgan fingerprint density at radius 3 is 2.96 bits per heavy atom. The Morgan fingerprint density at radius 1 is 1.40 bits per heavy atom. The van der Waals surface area contributed by atoms with Gasteiger partial charge in [0.25, 0.3) is 0 Å². The van der Waals surface area contributed by atoms with Crippen molar-refractivity contribution in [1.82, 2.24) is 30.0 Å². The van der Waals surface area contributed by atoms with Crippen molar-refractivity contribution in [3.05, 3.63) is 58.4 Å². The van der Waals surface area contributed by atoms with Gasteiger partial charge in [-0.3, -0.25) is 4.99 Å². The maximum atomic E-state index is 4.50. The summed E-state index contributed by atoms with van der Waals surface area (Å²) < 4.78 is 1.75. The highest BCUT2D eigenvalue weighted by atomic mass is 32.1. The zero-order chi connectivity index (χ0) is 17.6. The summed E-state index contributed by atoms with van der Waals surface area (Å²) in [5, 5.41) is 10.8. The van der Waals surface area contributed by atoms with Gasteiger partial charge in [0.15, 0.2) is 11.8 Å². The highest BCUT2D eigenvalue weighted by Crippen LogP contribution is 2.10. The van der Waals surface area contributed by atoms with Gasteiger partial charge < -0.3 is 10.2 Å². The fourth-order valence-electron chi connectivity index (χ4n) is 2.46. The van der Waals surface area contributed by atoms with E-state index < -0.39 is 0 Å². The van der Waals surface area contributed by atoms with E-state index in [2.05, 4.69) is 35.7 Å². The van der Waals surface area contributed by atoms with E-state index in [-0.39, 0.29) is 0 Å². The number of nitrogens with zero attached hydrogens (tertiary/aromatic N) is 6. The van der Waals surface area contributed by atoms with Gasteiger partial charge in [-0.2, -0.15) is 5.10 Å². The average molecular weight is 355 g/mol. The number of hydrogen-bond acceptors (Lipinski definition) is 5. The molecule has 0 atom stereocenters. The molecule has 7 nitrogen and oxygen atoms in total. The first-order chi connectivity index (χ1) is 12.2. The van der Waals surface area contributed by atoms with Crippen molar-refractivity contribution in [3.8, 4) is 5.82 Å². The molecule has 0 saturated carbocycles. The number of aromatic nitrogens is 4. The summed E-state index contributed by atoms with van der Waals surface area (Å²) in [4.78, 5) is 15.3. The second kappa shape index (κ2) is 7.89. The summed E-state index contributed by atoms with van der Waals surface area (Å²) in [7, 11) is 3.79. The van der Waals surface area contributed by atoms with E-state index in [1.54, 1.807) is 35.5 Å². The third kappa shape index (κ3) is 4.42. The van der Waals surface area contributed by atoms with Crippen molar-refractivity contribution in [2.75, 3.05) is 14.1 Å². The molecule has 0 aliphatic rings. The summed E-state index contributed by atoms with van der Waals surface area (Å²) in [5.74, 6) is 1.62. The fourth-order valence-corrected chi connectivity index (χ4v) is 3.07. The number of thiazole rings is 1. The maximum Gasteiger partial charge on any atom is 0.194 e. The Morgan fingerprint density at radius 2 is 2.28 bits per heavy atom. The Kier molecular flexibility index (Phi) is 5.39. The molecule has 0 bridgehead atoms. The predicted molar refractivity (Wildman–Crippen MR) is 99.9 cm³/mol. The molecule has 3 aromatic heterocycles. The van der Waals surface area contributed by atoms with Crippen LogP contribution in [-0.4, -0.2) is 44.7 Å². The molecular weight excluding hydrogens is 334 g/mol. The molecule has 1 N–H and O–H groups in total. The Bertz CT molecular complexity index is 838. The van der Waals surface area contributed by atoms with Crippen molar-refractivity contribution in [2.24, 2.45) is 4.99 Å². The fraction of sp³-hybridized carbons (Fsp3) is 0.294. The van der Waals surface area contributed by atoms with Gasteiger partial charge >= 0.3 is 0 Å². The van der Waals surface area contributed by atoms with Gasteiger partial charge in [0.05, 0.1) is 17.2 Å². The van der Waals surface area contributed by atoms with E-state index in [0.717, 1.165) is 34.6 Å². The molecule has 0 radical (unpaired) electrons. The monoisotopic (exact) mass is 355 g/mol. The lowest BCUT2D eigenvalue weighted by atomic mass is 10.2. The van der Waals surface area contributed by atoms with Crippen LogP contribution in [0.3, 0.4) is 0 Å². The normalized spacial score (nSPS) is 11.6. The number of pyridine rings is 1. The predicted octanol–water partition coefficient (Wildman–Crippen LogP) is 2.24. The molecule has 0 amide bonds. The smallest absolute Gasteiger partial charge is 0.194 e. The van der Waals surface area contributed by atoms with Gasteiger partial charge in [0.2, 0.25) is 0 Å². The van der Waals surface area contributed by atoms with Gasteiger partial charge in [-0.05, 0) is 30.7 Å². The second-order valence-corrected chi connectivity index (χ2v) is 6.65. The van der Waals surface area contributed by atoms with Crippen LogP contribution < -0.4 is 5.32 Å². The quantitative estimate of drug-likeness (QED) is 0.561. The molecule has 130 valence electrons. The first kappa shape index (κ1) is 17.1. The number of aryl methyl sites for hydroxylation is 1. The average Bonchev–Trinajstić information content (AvgIpc) is 3.28. The summed E-state index contributed by atoms with van der Waals surface area (Å²) in [6.45, 7) is 3.39.